The monoisotopic (exact) mass is 489 g/mol. The lowest BCUT2D eigenvalue weighted by atomic mass is 10.1. The zero-order valence-electron chi connectivity index (χ0n) is 16.5. The molecule has 0 spiro atoms. The molecule has 0 saturated carbocycles. The zero-order chi connectivity index (χ0) is 19.3. The van der Waals surface area contributed by atoms with E-state index in [1.54, 1.807) is 19.2 Å². The van der Waals surface area contributed by atoms with E-state index < -0.39 is 5.82 Å². The molecule has 150 valence electrons. The fourth-order valence-electron chi connectivity index (χ4n) is 2.94. The molecule has 0 aliphatic heterocycles. The van der Waals surface area contributed by atoms with Gasteiger partial charge in [0.15, 0.2) is 5.96 Å². The van der Waals surface area contributed by atoms with Gasteiger partial charge in [0.1, 0.15) is 5.82 Å². The van der Waals surface area contributed by atoms with E-state index in [4.69, 9.17) is 5.11 Å². The van der Waals surface area contributed by atoms with Gasteiger partial charge in [-0.1, -0.05) is 6.07 Å². The number of aliphatic hydroxyl groups is 1. The van der Waals surface area contributed by atoms with Gasteiger partial charge in [-0.15, -0.1) is 24.0 Å². The molecule has 0 radical (unpaired) electrons. The smallest absolute Gasteiger partial charge is 0.191 e. The Morgan fingerprint density at radius 2 is 2.07 bits per heavy atom. The zero-order valence-corrected chi connectivity index (χ0v) is 18.8. The minimum absolute atomic E-state index is 0. The van der Waals surface area contributed by atoms with E-state index in [-0.39, 0.29) is 36.6 Å². The summed E-state index contributed by atoms with van der Waals surface area (Å²) in [5.74, 6) is 0.279. The fraction of sp³-hybridized carbons (Fsp3) is 0.474. The molecule has 0 aliphatic rings. The number of rotatable bonds is 6. The quantitative estimate of drug-likeness (QED) is 0.332. The van der Waals surface area contributed by atoms with Crippen molar-refractivity contribution in [2.45, 2.75) is 46.4 Å². The van der Waals surface area contributed by atoms with Crippen LogP contribution in [0.5, 0.6) is 0 Å². The Hall–Kier alpha value is -1.68. The maximum Gasteiger partial charge on any atom is 0.191 e. The summed E-state index contributed by atoms with van der Waals surface area (Å²) < 4.78 is 15.4. The highest BCUT2D eigenvalue weighted by molar-refractivity contribution is 14.0. The summed E-state index contributed by atoms with van der Waals surface area (Å²) in [5.41, 5.74) is 4.63. The fourth-order valence-corrected chi connectivity index (χ4v) is 2.94. The topological polar surface area (TPSA) is 74.5 Å². The van der Waals surface area contributed by atoms with Crippen LogP contribution < -0.4 is 10.6 Å². The summed E-state index contributed by atoms with van der Waals surface area (Å²) in [7, 11) is 3.67. The van der Waals surface area contributed by atoms with E-state index in [1.165, 1.54) is 17.3 Å². The van der Waals surface area contributed by atoms with Crippen molar-refractivity contribution in [2.24, 2.45) is 12.0 Å². The highest BCUT2D eigenvalue weighted by Crippen LogP contribution is 2.14. The van der Waals surface area contributed by atoms with Crippen LogP contribution >= 0.6 is 24.0 Å². The lowest BCUT2D eigenvalue weighted by Gasteiger charge is -2.18. The molecule has 6 nitrogen and oxygen atoms in total. The van der Waals surface area contributed by atoms with Crippen molar-refractivity contribution in [1.29, 1.82) is 0 Å². The number of nitrogens with zero attached hydrogens (tertiary/aromatic N) is 3. The molecule has 1 aromatic heterocycles. The minimum atomic E-state index is -0.394. The van der Waals surface area contributed by atoms with E-state index in [2.05, 4.69) is 34.6 Å². The van der Waals surface area contributed by atoms with E-state index in [1.807, 2.05) is 18.7 Å². The highest BCUT2D eigenvalue weighted by atomic mass is 127. The first-order valence-corrected chi connectivity index (χ1v) is 8.70. The number of hydrogen-bond acceptors (Lipinski definition) is 3. The van der Waals surface area contributed by atoms with Crippen molar-refractivity contribution >= 4 is 29.9 Å². The third kappa shape index (κ3) is 6.17. The van der Waals surface area contributed by atoms with Crippen molar-refractivity contribution in [3.05, 3.63) is 52.1 Å². The highest BCUT2D eigenvalue weighted by Gasteiger charge is 2.14. The van der Waals surface area contributed by atoms with Gasteiger partial charge >= 0.3 is 0 Å². The second-order valence-electron chi connectivity index (χ2n) is 6.53. The predicted molar refractivity (Wildman–Crippen MR) is 117 cm³/mol. The van der Waals surface area contributed by atoms with E-state index in [0.717, 1.165) is 17.7 Å². The molecule has 3 N–H and O–H groups in total. The van der Waals surface area contributed by atoms with Gasteiger partial charge in [0.25, 0.3) is 0 Å². The van der Waals surface area contributed by atoms with E-state index >= 15 is 0 Å². The normalized spacial score (nSPS) is 12.5. The summed E-state index contributed by atoms with van der Waals surface area (Å²) >= 11 is 0. The first-order chi connectivity index (χ1) is 12.3. The molecule has 1 aromatic carbocycles. The first kappa shape index (κ1) is 23.4. The number of hydrogen-bond donors (Lipinski definition) is 3. The van der Waals surface area contributed by atoms with E-state index in [9.17, 15) is 4.39 Å². The maximum absolute atomic E-state index is 13.5. The number of aliphatic imine (C=N–C) groups is 1. The van der Waals surface area contributed by atoms with Crippen LogP contribution in [0.4, 0.5) is 4.39 Å². The molecule has 1 unspecified atom stereocenters. The van der Waals surface area contributed by atoms with Crippen LogP contribution in [0.3, 0.4) is 0 Å². The van der Waals surface area contributed by atoms with Gasteiger partial charge in [0.2, 0.25) is 0 Å². The summed E-state index contributed by atoms with van der Waals surface area (Å²) in [6.45, 7) is 6.37. The number of aromatic nitrogens is 2. The average Bonchev–Trinajstić information content (AvgIpc) is 2.85. The molecule has 0 bridgehead atoms. The largest absolute Gasteiger partial charge is 0.392 e. The van der Waals surface area contributed by atoms with Crippen molar-refractivity contribution in [3.63, 3.8) is 0 Å². The molecule has 2 aromatic rings. The van der Waals surface area contributed by atoms with Crippen LogP contribution in [0, 0.1) is 19.7 Å². The molecule has 0 amide bonds. The maximum atomic E-state index is 13.5. The van der Waals surface area contributed by atoms with Crippen molar-refractivity contribution in [1.82, 2.24) is 20.4 Å². The third-order valence-electron chi connectivity index (χ3n) is 4.52. The number of halogens is 2. The standard InChI is InChI=1S/C19H28FN5O.HI/c1-12(8-17-13(2)24-25(5)14(17)3)23-19(21-4)22-10-15-6-7-18(20)16(9-15)11-26;/h6-7,9,12,26H,8,10-11H2,1-5H3,(H2,21,22,23);1H. The SMILES string of the molecule is CN=C(NCc1ccc(F)c(CO)c1)NC(C)Cc1c(C)nn(C)c1C.I. The van der Waals surface area contributed by atoms with Gasteiger partial charge in [-0.3, -0.25) is 9.67 Å². The number of guanidine groups is 1. The lowest BCUT2D eigenvalue weighted by molar-refractivity contribution is 0.275. The van der Waals surface area contributed by atoms with Crippen LogP contribution in [0.2, 0.25) is 0 Å². The van der Waals surface area contributed by atoms with Crippen molar-refractivity contribution in [3.8, 4) is 0 Å². The Bertz CT molecular complexity index is 791. The predicted octanol–water partition coefficient (Wildman–Crippen LogP) is 2.58. The molecule has 8 heteroatoms. The number of aryl methyl sites for hydroxylation is 2. The van der Waals surface area contributed by atoms with Crippen molar-refractivity contribution < 1.29 is 9.50 Å². The summed E-state index contributed by atoms with van der Waals surface area (Å²) in [4.78, 5) is 4.25. The Morgan fingerprint density at radius 3 is 2.63 bits per heavy atom. The van der Waals surface area contributed by atoms with Gasteiger partial charge in [-0.05, 0) is 50.5 Å². The Kier molecular flexibility index (Phi) is 9.17. The van der Waals surface area contributed by atoms with E-state index in [0.29, 0.717) is 18.1 Å². The summed E-state index contributed by atoms with van der Waals surface area (Å²) in [6, 6.07) is 4.89. The number of aliphatic hydroxyl groups excluding tert-OH is 1. The van der Waals surface area contributed by atoms with Gasteiger partial charge in [0.05, 0.1) is 12.3 Å². The molecule has 27 heavy (non-hydrogen) atoms. The molecule has 2 rings (SSSR count). The Morgan fingerprint density at radius 1 is 1.37 bits per heavy atom. The Labute approximate surface area is 177 Å². The number of benzene rings is 1. The van der Waals surface area contributed by atoms with Crippen LogP contribution in [-0.2, 0) is 26.6 Å². The molecular formula is C19H29FIN5O. The average molecular weight is 489 g/mol. The van der Waals surface area contributed by atoms with Gasteiger partial charge in [-0.2, -0.15) is 5.10 Å². The van der Waals surface area contributed by atoms with Gasteiger partial charge in [-0.25, -0.2) is 4.39 Å². The van der Waals surface area contributed by atoms with Crippen LogP contribution in [-0.4, -0.2) is 33.9 Å². The Balaban J connectivity index is 0.00000364. The second-order valence-corrected chi connectivity index (χ2v) is 6.53. The minimum Gasteiger partial charge on any atom is -0.392 e. The van der Waals surface area contributed by atoms with Crippen LogP contribution in [0.1, 0.15) is 35.0 Å². The number of nitrogens with one attached hydrogen (secondary N) is 2. The second kappa shape index (κ2) is 10.6. The molecule has 1 heterocycles. The molecule has 0 fully saturated rings. The summed E-state index contributed by atoms with van der Waals surface area (Å²) in [6.07, 6.45) is 0.845. The molecule has 0 aliphatic carbocycles. The first-order valence-electron chi connectivity index (χ1n) is 8.70. The van der Waals surface area contributed by atoms with Gasteiger partial charge < -0.3 is 15.7 Å². The van der Waals surface area contributed by atoms with Gasteiger partial charge in [0, 0.05) is 37.9 Å². The van der Waals surface area contributed by atoms with Crippen LogP contribution in [0.15, 0.2) is 23.2 Å². The lowest BCUT2D eigenvalue weighted by Crippen LogP contribution is -2.42. The third-order valence-corrected chi connectivity index (χ3v) is 4.52. The molecule has 0 saturated heterocycles. The van der Waals surface area contributed by atoms with Crippen LogP contribution in [0.25, 0.3) is 0 Å². The molecule has 1 atom stereocenters. The van der Waals surface area contributed by atoms with Crippen molar-refractivity contribution in [2.75, 3.05) is 7.05 Å². The molecular weight excluding hydrogens is 460 g/mol. The summed E-state index contributed by atoms with van der Waals surface area (Å²) in [5, 5.41) is 20.2.